The Kier molecular flexibility index (Phi) is 4.75. The Morgan fingerprint density at radius 1 is 1.39 bits per heavy atom. The Hall–Kier alpha value is -2.16. The molecule has 1 aromatic carbocycles. The molecule has 2 N–H and O–H groups in total. The Balaban J connectivity index is 2.09. The number of aromatic carboxylic acids is 1. The van der Waals surface area contributed by atoms with Crippen LogP contribution in [0.15, 0.2) is 34.9 Å². The predicted octanol–water partition coefficient (Wildman–Crippen LogP) is 4.10. The summed E-state index contributed by atoms with van der Waals surface area (Å²) in [5.74, 6) is -0.427. The van der Waals surface area contributed by atoms with Gasteiger partial charge in [0.05, 0.1) is 17.4 Å². The summed E-state index contributed by atoms with van der Waals surface area (Å²) < 4.78 is 15.8. The highest BCUT2D eigenvalue weighted by atomic mass is 32.2. The summed E-state index contributed by atoms with van der Waals surface area (Å²) in [5.41, 5.74) is 1.96. The van der Waals surface area contributed by atoms with E-state index in [9.17, 15) is 9.90 Å². The van der Waals surface area contributed by atoms with Crippen LogP contribution in [0.5, 0.6) is 0 Å². The third-order valence-electron chi connectivity index (χ3n) is 3.37. The largest absolute Gasteiger partial charge is 0.478 e. The van der Waals surface area contributed by atoms with Crippen molar-refractivity contribution in [2.45, 2.75) is 19.8 Å². The number of furan rings is 1. The highest BCUT2D eigenvalue weighted by Gasteiger charge is 2.28. The number of hydrogen-bond donors (Lipinski definition) is 2. The molecule has 1 saturated heterocycles. The molecule has 0 saturated carbocycles. The van der Waals surface area contributed by atoms with Gasteiger partial charge in [-0.3, -0.25) is 0 Å². The number of unbranched alkanes of at least 4 members (excludes halogenated alkanes) is 1. The van der Waals surface area contributed by atoms with Crippen molar-refractivity contribution in [1.29, 1.82) is 0 Å². The van der Waals surface area contributed by atoms with Gasteiger partial charge in [-0.15, -0.1) is 8.57 Å². The molecule has 1 fully saturated rings. The van der Waals surface area contributed by atoms with E-state index in [0.717, 1.165) is 31.7 Å². The van der Waals surface area contributed by atoms with Crippen molar-refractivity contribution in [2.24, 2.45) is 0 Å². The van der Waals surface area contributed by atoms with E-state index >= 15 is 0 Å². The topological polar surface area (TPSA) is 84.2 Å². The summed E-state index contributed by atoms with van der Waals surface area (Å²) in [4.78, 5) is 11.4. The molecule has 7 nitrogen and oxygen atoms in total. The maximum Gasteiger partial charge on any atom is 0.335 e. The molecule has 0 atom stereocenters. The quantitative estimate of drug-likeness (QED) is 0.577. The van der Waals surface area contributed by atoms with Gasteiger partial charge in [-0.1, -0.05) is 18.6 Å². The van der Waals surface area contributed by atoms with Crippen molar-refractivity contribution in [1.82, 2.24) is 0 Å². The third-order valence-corrected chi connectivity index (χ3v) is 3.76. The lowest BCUT2D eigenvalue weighted by molar-refractivity contribution is 0.0271. The van der Waals surface area contributed by atoms with Crippen molar-refractivity contribution >= 4 is 29.7 Å². The summed E-state index contributed by atoms with van der Waals surface area (Å²) in [7, 11) is 0. The molecular weight excluding hydrogens is 320 g/mol. The van der Waals surface area contributed by atoms with E-state index in [1.54, 1.807) is 24.5 Å². The van der Waals surface area contributed by atoms with Crippen molar-refractivity contribution < 1.29 is 22.9 Å². The average molecular weight is 336 g/mol. The number of nitrogens with one attached hydrogen (secondary N) is 1. The number of anilines is 2. The van der Waals surface area contributed by atoms with Crippen molar-refractivity contribution in [3.05, 3.63) is 36.1 Å². The van der Waals surface area contributed by atoms with Gasteiger partial charge in [0.25, 0.3) is 0 Å². The number of benzene rings is 1. The molecule has 8 heteroatoms. The molecule has 1 aliphatic heterocycles. The van der Waals surface area contributed by atoms with Gasteiger partial charge < -0.3 is 14.8 Å². The van der Waals surface area contributed by atoms with E-state index in [4.69, 9.17) is 13.0 Å². The zero-order valence-corrected chi connectivity index (χ0v) is 13.3. The lowest BCUT2D eigenvalue weighted by Gasteiger charge is -2.29. The van der Waals surface area contributed by atoms with Gasteiger partial charge in [0, 0.05) is 12.2 Å². The summed E-state index contributed by atoms with van der Waals surface area (Å²) in [5, 5.41) is 13.8. The van der Waals surface area contributed by atoms with Crippen LogP contribution in [-0.4, -0.2) is 17.6 Å². The molecule has 2 aromatic rings. The highest BCUT2D eigenvalue weighted by molar-refractivity contribution is 7.90. The van der Waals surface area contributed by atoms with Gasteiger partial charge in [0.15, 0.2) is 0 Å². The van der Waals surface area contributed by atoms with Crippen LogP contribution in [0.3, 0.4) is 0 Å². The molecule has 1 aliphatic rings. The normalized spacial score (nSPS) is 13.7. The van der Waals surface area contributed by atoms with Crippen molar-refractivity contribution in [3.8, 4) is 11.3 Å². The number of carboxylic acids is 1. The molecule has 0 bridgehead atoms. The Morgan fingerprint density at radius 3 is 2.78 bits per heavy atom. The molecule has 0 spiro atoms. The van der Waals surface area contributed by atoms with E-state index in [2.05, 4.69) is 12.2 Å². The van der Waals surface area contributed by atoms with Crippen LogP contribution in [0.1, 0.15) is 30.1 Å². The molecule has 0 unspecified atom stereocenters. The van der Waals surface area contributed by atoms with Gasteiger partial charge in [0.1, 0.15) is 11.4 Å². The molecule has 122 valence electrons. The maximum atomic E-state index is 11.4. The maximum absolute atomic E-state index is 11.4. The summed E-state index contributed by atoms with van der Waals surface area (Å²) in [6.45, 7) is 2.82. The minimum Gasteiger partial charge on any atom is -0.478 e. The smallest absolute Gasteiger partial charge is 0.335 e. The standard InChI is InChI=1S/C15H16N2O5S/c1-2-3-6-16-11-8-10(15(18)19)9-12(17-21-23-22-17)14(11)13-5-4-7-20-13/h4-5,7-9,16H,2-3,6H2,1H3,(H,18,19). The van der Waals surface area contributed by atoms with Gasteiger partial charge in [-0.05, 0) is 30.7 Å². The Morgan fingerprint density at radius 2 is 2.22 bits per heavy atom. The molecule has 23 heavy (non-hydrogen) atoms. The summed E-state index contributed by atoms with van der Waals surface area (Å²) >= 11 is 0.815. The van der Waals surface area contributed by atoms with Crippen LogP contribution >= 0.6 is 12.3 Å². The SMILES string of the molecule is CCCCNc1cc(C(=O)O)cc(N2OSO2)c1-c1ccco1. The van der Waals surface area contributed by atoms with Crippen LogP contribution in [0, 0.1) is 0 Å². The summed E-state index contributed by atoms with van der Waals surface area (Å²) in [6.07, 6.45) is 3.56. The monoisotopic (exact) mass is 336 g/mol. The minimum absolute atomic E-state index is 0.137. The van der Waals surface area contributed by atoms with Crippen LogP contribution < -0.4 is 10.5 Å². The van der Waals surface area contributed by atoms with Crippen LogP contribution in [0.4, 0.5) is 11.4 Å². The molecule has 2 heterocycles. The molecular formula is C15H16N2O5S. The number of nitrogens with zero attached hydrogens (tertiary/aromatic N) is 1. The fourth-order valence-electron chi connectivity index (χ4n) is 2.25. The predicted molar refractivity (Wildman–Crippen MR) is 86.7 cm³/mol. The molecule has 3 rings (SSSR count). The van der Waals surface area contributed by atoms with Crippen molar-refractivity contribution in [3.63, 3.8) is 0 Å². The van der Waals surface area contributed by atoms with E-state index in [1.165, 1.54) is 11.3 Å². The first-order valence-electron chi connectivity index (χ1n) is 7.21. The number of hydrogen-bond acceptors (Lipinski definition) is 7. The molecule has 1 aromatic heterocycles. The minimum atomic E-state index is -1.02. The number of rotatable bonds is 7. The zero-order valence-electron chi connectivity index (χ0n) is 12.4. The molecule has 0 amide bonds. The van der Waals surface area contributed by atoms with E-state index in [1.807, 2.05) is 0 Å². The van der Waals surface area contributed by atoms with Crippen LogP contribution in [0.25, 0.3) is 11.3 Å². The summed E-state index contributed by atoms with van der Waals surface area (Å²) in [6, 6.07) is 6.65. The first kappa shape index (κ1) is 15.7. The fourth-order valence-corrected chi connectivity index (χ4v) is 2.54. The van der Waals surface area contributed by atoms with Gasteiger partial charge >= 0.3 is 5.97 Å². The lowest BCUT2D eigenvalue weighted by atomic mass is 10.0. The van der Waals surface area contributed by atoms with E-state index < -0.39 is 5.97 Å². The highest BCUT2D eigenvalue weighted by Crippen LogP contribution is 2.43. The second kappa shape index (κ2) is 6.95. The third kappa shape index (κ3) is 3.29. The molecule has 0 aliphatic carbocycles. The second-order valence-electron chi connectivity index (χ2n) is 4.95. The van der Waals surface area contributed by atoms with E-state index in [-0.39, 0.29) is 5.56 Å². The van der Waals surface area contributed by atoms with Gasteiger partial charge in [0.2, 0.25) is 12.3 Å². The lowest BCUT2D eigenvalue weighted by Crippen LogP contribution is -2.27. The van der Waals surface area contributed by atoms with E-state index in [0.29, 0.717) is 22.7 Å². The Bertz CT molecular complexity index is 685. The van der Waals surface area contributed by atoms with Gasteiger partial charge in [-0.25, -0.2) is 4.79 Å². The van der Waals surface area contributed by atoms with Gasteiger partial charge in [-0.2, -0.15) is 0 Å². The fraction of sp³-hybridized carbons (Fsp3) is 0.267. The van der Waals surface area contributed by atoms with Crippen LogP contribution in [-0.2, 0) is 8.57 Å². The molecule has 0 radical (unpaired) electrons. The van der Waals surface area contributed by atoms with Crippen LogP contribution in [0.2, 0.25) is 0 Å². The Labute approximate surface area is 137 Å². The average Bonchev–Trinajstić information content (AvgIpc) is 2.99. The first-order chi connectivity index (χ1) is 11.2. The number of carboxylic acid groups (broad SMARTS) is 1. The second-order valence-corrected chi connectivity index (χ2v) is 5.39. The first-order valence-corrected chi connectivity index (χ1v) is 7.88. The number of carbonyl (C=O) groups is 1. The van der Waals surface area contributed by atoms with Crippen molar-refractivity contribution in [2.75, 3.05) is 17.1 Å². The zero-order chi connectivity index (χ0) is 16.2.